The molecule has 0 atom stereocenters. The molecule has 2 aliphatic heterocycles. The lowest BCUT2D eigenvalue weighted by Crippen LogP contribution is -2.43. The maximum absolute atomic E-state index is 12.9. The number of aromatic amines is 1. The van der Waals surface area contributed by atoms with Gasteiger partial charge in [-0.1, -0.05) is 18.2 Å². The molecule has 3 aromatic rings. The number of phenols is 1. The van der Waals surface area contributed by atoms with Crippen molar-refractivity contribution in [3.05, 3.63) is 59.0 Å². The zero-order valence-electron chi connectivity index (χ0n) is 16.2. The number of phenolic OH excluding ortho intramolecular Hbond substituents is 1. The van der Waals surface area contributed by atoms with E-state index in [1.165, 1.54) is 0 Å². The van der Waals surface area contributed by atoms with Crippen LogP contribution in [0.1, 0.15) is 21.6 Å². The molecule has 5 rings (SSSR count). The Morgan fingerprint density at radius 1 is 1.17 bits per heavy atom. The second kappa shape index (κ2) is 7.02. The van der Waals surface area contributed by atoms with Crippen molar-refractivity contribution in [2.24, 2.45) is 0 Å². The number of allylic oxidation sites excluding steroid dienone is 1. The SMILES string of the molecule is CN1CCN(Cc2c(O)ccc3c2OC(=Cc2n[nH]c4ccccc24)C3=O)CC1. The summed E-state index contributed by atoms with van der Waals surface area (Å²) in [4.78, 5) is 17.5. The first-order valence-corrected chi connectivity index (χ1v) is 9.73. The summed E-state index contributed by atoms with van der Waals surface area (Å²) >= 11 is 0. The maximum atomic E-state index is 12.9. The van der Waals surface area contributed by atoms with Gasteiger partial charge in [0.1, 0.15) is 11.5 Å². The Morgan fingerprint density at radius 2 is 1.97 bits per heavy atom. The van der Waals surface area contributed by atoms with Crippen LogP contribution in [-0.4, -0.2) is 64.1 Å². The molecule has 148 valence electrons. The first-order chi connectivity index (χ1) is 14.1. The van der Waals surface area contributed by atoms with Gasteiger partial charge < -0.3 is 14.7 Å². The van der Waals surface area contributed by atoms with Gasteiger partial charge in [0.25, 0.3) is 0 Å². The summed E-state index contributed by atoms with van der Waals surface area (Å²) in [7, 11) is 2.10. The van der Waals surface area contributed by atoms with Gasteiger partial charge in [-0.3, -0.25) is 14.8 Å². The average molecular weight is 390 g/mol. The summed E-state index contributed by atoms with van der Waals surface area (Å²) in [5.74, 6) is 0.649. The van der Waals surface area contributed by atoms with Crippen LogP contribution in [0.25, 0.3) is 17.0 Å². The number of rotatable bonds is 3. The molecule has 29 heavy (non-hydrogen) atoms. The van der Waals surface area contributed by atoms with Gasteiger partial charge in [-0.25, -0.2) is 0 Å². The van der Waals surface area contributed by atoms with Gasteiger partial charge in [0.15, 0.2) is 5.76 Å². The fourth-order valence-corrected chi connectivity index (χ4v) is 3.90. The predicted octanol–water partition coefficient (Wildman–Crippen LogP) is 2.63. The molecule has 7 heteroatoms. The number of aromatic hydroxyl groups is 1. The minimum Gasteiger partial charge on any atom is -0.507 e. The molecular weight excluding hydrogens is 368 g/mol. The molecule has 1 saturated heterocycles. The van der Waals surface area contributed by atoms with E-state index in [1.54, 1.807) is 18.2 Å². The van der Waals surface area contributed by atoms with Crippen molar-refractivity contribution in [3.8, 4) is 11.5 Å². The van der Waals surface area contributed by atoms with Crippen molar-refractivity contribution in [2.75, 3.05) is 33.2 Å². The van der Waals surface area contributed by atoms with E-state index in [1.807, 2.05) is 24.3 Å². The molecule has 2 aromatic carbocycles. The number of aromatic nitrogens is 2. The number of ketones is 1. The number of hydrogen-bond donors (Lipinski definition) is 2. The van der Waals surface area contributed by atoms with Crippen molar-refractivity contribution < 1.29 is 14.6 Å². The molecule has 2 aliphatic rings. The van der Waals surface area contributed by atoms with Gasteiger partial charge in [-0.05, 0) is 25.2 Å². The molecule has 3 heterocycles. The molecule has 0 aliphatic carbocycles. The highest BCUT2D eigenvalue weighted by Gasteiger charge is 2.32. The minimum absolute atomic E-state index is 0.155. The summed E-state index contributed by atoms with van der Waals surface area (Å²) in [6.45, 7) is 4.33. The van der Waals surface area contributed by atoms with Crippen molar-refractivity contribution in [1.82, 2.24) is 20.0 Å². The van der Waals surface area contributed by atoms with Crippen LogP contribution >= 0.6 is 0 Å². The molecule has 0 amide bonds. The van der Waals surface area contributed by atoms with Crippen LogP contribution in [0.5, 0.6) is 11.5 Å². The summed E-state index contributed by atoms with van der Waals surface area (Å²) in [6.07, 6.45) is 1.66. The van der Waals surface area contributed by atoms with E-state index in [2.05, 4.69) is 27.0 Å². The average Bonchev–Trinajstić information content (AvgIpc) is 3.28. The topological polar surface area (TPSA) is 81.7 Å². The van der Waals surface area contributed by atoms with E-state index in [4.69, 9.17) is 4.74 Å². The fraction of sp³-hybridized carbons (Fsp3) is 0.273. The molecule has 7 nitrogen and oxygen atoms in total. The van der Waals surface area contributed by atoms with Gasteiger partial charge in [0, 0.05) is 44.2 Å². The van der Waals surface area contributed by atoms with Crippen LogP contribution in [0.4, 0.5) is 0 Å². The highest BCUT2D eigenvalue weighted by atomic mass is 16.5. The molecule has 0 unspecified atom stereocenters. The van der Waals surface area contributed by atoms with Gasteiger partial charge in [0.05, 0.1) is 22.3 Å². The number of carbonyl (C=O) groups is 1. The van der Waals surface area contributed by atoms with Crippen LogP contribution in [0, 0.1) is 0 Å². The summed E-state index contributed by atoms with van der Waals surface area (Å²) < 4.78 is 5.98. The molecule has 0 saturated carbocycles. The number of Topliss-reactive ketones (excluding diaryl/α,β-unsaturated/α-hetero) is 1. The monoisotopic (exact) mass is 390 g/mol. The third-order valence-electron chi connectivity index (χ3n) is 5.66. The first-order valence-electron chi connectivity index (χ1n) is 9.73. The van der Waals surface area contributed by atoms with Gasteiger partial charge in [-0.2, -0.15) is 5.10 Å². The number of piperazine rings is 1. The van der Waals surface area contributed by atoms with E-state index in [-0.39, 0.29) is 17.3 Å². The van der Waals surface area contributed by atoms with Crippen molar-refractivity contribution >= 4 is 22.8 Å². The van der Waals surface area contributed by atoms with Crippen LogP contribution in [0.2, 0.25) is 0 Å². The van der Waals surface area contributed by atoms with Crippen LogP contribution < -0.4 is 4.74 Å². The smallest absolute Gasteiger partial charge is 0.232 e. The van der Waals surface area contributed by atoms with E-state index < -0.39 is 0 Å². The quantitative estimate of drug-likeness (QED) is 0.669. The second-order valence-electron chi connectivity index (χ2n) is 7.61. The molecule has 0 spiro atoms. The van der Waals surface area contributed by atoms with E-state index >= 15 is 0 Å². The zero-order valence-corrected chi connectivity index (χ0v) is 16.2. The van der Waals surface area contributed by atoms with Crippen LogP contribution in [0.3, 0.4) is 0 Å². The third kappa shape index (κ3) is 3.18. The van der Waals surface area contributed by atoms with Gasteiger partial charge in [-0.15, -0.1) is 0 Å². The number of benzene rings is 2. The molecule has 1 aromatic heterocycles. The van der Waals surface area contributed by atoms with E-state index in [0.29, 0.717) is 29.1 Å². The molecule has 1 fully saturated rings. The second-order valence-corrected chi connectivity index (χ2v) is 7.61. The number of ether oxygens (including phenoxy) is 1. The van der Waals surface area contributed by atoms with Crippen molar-refractivity contribution in [2.45, 2.75) is 6.54 Å². The Morgan fingerprint density at radius 3 is 2.79 bits per heavy atom. The largest absolute Gasteiger partial charge is 0.507 e. The lowest BCUT2D eigenvalue weighted by Gasteiger charge is -2.32. The number of nitrogens with one attached hydrogen (secondary N) is 1. The summed E-state index contributed by atoms with van der Waals surface area (Å²) in [5.41, 5.74) is 2.70. The standard InChI is InChI=1S/C22H22N4O3/c1-25-8-10-26(11-9-25)13-16-19(27)7-6-15-21(28)20(29-22(15)16)12-18-14-4-2-3-5-17(14)23-24-18/h2-7,12,27H,8-11,13H2,1H3,(H,23,24). The van der Waals surface area contributed by atoms with Gasteiger partial charge >= 0.3 is 0 Å². The third-order valence-corrected chi connectivity index (χ3v) is 5.66. The zero-order chi connectivity index (χ0) is 20.0. The van der Waals surface area contributed by atoms with Gasteiger partial charge in [0.2, 0.25) is 5.78 Å². The Balaban J connectivity index is 1.47. The number of likely N-dealkylation sites (N-methyl/N-ethyl adjacent to an activating group) is 1. The van der Waals surface area contributed by atoms with E-state index in [0.717, 1.165) is 37.1 Å². The Hall–Kier alpha value is -3.16. The Bertz CT molecular complexity index is 1130. The number of para-hydroxylation sites is 1. The molecular formula is C22H22N4O3. The van der Waals surface area contributed by atoms with E-state index in [9.17, 15) is 9.90 Å². The number of hydrogen-bond acceptors (Lipinski definition) is 6. The molecule has 0 radical (unpaired) electrons. The lowest BCUT2D eigenvalue weighted by atomic mass is 10.0. The Labute approximate surface area is 168 Å². The Kier molecular flexibility index (Phi) is 4.34. The van der Waals surface area contributed by atoms with Crippen LogP contribution in [0.15, 0.2) is 42.2 Å². The first kappa shape index (κ1) is 17.9. The number of nitrogens with zero attached hydrogens (tertiary/aromatic N) is 3. The lowest BCUT2D eigenvalue weighted by molar-refractivity contribution is 0.101. The molecule has 2 N–H and O–H groups in total. The maximum Gasteiger partial charge on any atom is 0.232 e. The van der Waals surface area contributed by atoms with Crippen molar-refractivity contribution in [1.29, 1.82) is 0 Å². The fourth-order valence-electron chi connectivity index (χ4n) is 3.90. The predicted molar refractivity (Wildman–Crippen MR) is 110 cm³/mol. The minimum atomic E-state index is -0.188. The normalized spacial score (nSPS) is 19.1. The highest BCUT2D eigenvalue weighted by molar-refractivity contribution is 6.15. The number of fused-ring (bicyclic) bond motifs is 2. The summed E-state index contributed by atoms with van der Waals surface area (Å²) in [5, 5.41) is 18.7. The number of H-pyrrole nitrogens is 1. The summed E-state index contributed by atoms with van der Waals surface area (Å²) in [6, 6.07) is 10.9. The highest BCUT2D eigenvalue weighted by Crippen LogP contribution is 2.40. The van der Waals surface area contributed by atoms with Crippen LogP contribution in [-0.2, 0) is 6.54 Å². The van der Waals surface area contributed by atoms with Crippen molar-refractivity contribution in [3.63, 3.8) is 0 Å². The number of carbonyl (C=O) groups excluding carboxylic acids is 1. The molecule has 0 bridgehead atoms.